The van der Waals surface area contributed by atoms with Gasteiger partial charge in [0.25, 0.3) is 5.91 Å². The summed E-state index contributed by atoms with van der Waals surface area (Å²) >= 11 is 0. The lowest BCUT2D eigenvalue weighted by atomic mass is 10.3. The predicted octanol–water partition coefficient (Wildman–Crippen LogP) is -0.134. The summed E-state index contributed by atoms with van der Waals surface area (Å²) in [4.78, 5) is 17.8. The number of carbonyl (C=O) groups is 1. The van der Waals surface area contributed by atoms with Gasteiger partial charge in [0.15, 0.2) is 5.69 Å². The fourth-order valence-corrected chi connectivity index (χ4v) is 1.63. The van der Waals surface area contributed by atoms with Crippen molar-refractivity contribution in [1.82, 2.24) is 15.2 Å². The topological polar surface area (TPSA) is 67.6 Å². The summed E-state index contributed by atoms with van der Waals surface area (Å²) in [5.74, 6) is 0.355. The molecule has 1 aliphatic heterocycles. The molecule has 0 saturated carbocycles. The van der Waals surface area contributed by atoms with E-state index in [-0.39, 0.29) is 12.5 Å². The van der Waals surface area contributed by atoms with E-state index in [0.29, 0.717) is 24.7 Å². The Labute approximate surface area is 93.6 Å². The van der Waals surface area contributed by atoms with Gasteiger partial charge in [0.05, 0.1) is 0 Å². The van der Waals surface area contributed by atoms with Crippen molar-refractivity contribution in [2.45, 2.75) is 6.61 Å². The maximum absolute atomic E-state index is 12.0. The normalized spacial score (nSPS) is 16.4. The van der Waals surface area contributed by atoms with Crippen molar-refractivity contribution in [2.75, 3.05) is 33.3 Å². The molecule has 6 heteroatoms. The first kappa shape index (κ1) is 11.1. The molecule has 0 spiro atoms. The van der Waals surface area contributed by atoms with Crippen molar-refractivity contribution >= 4 is 5.91 Å². The number of carbonyl (C=O) groups excluding carboxylic acids is 1. The minimum absolute atomic E-state index is 0.0763. The van der Waals surface area contributed by atoms with E-state index in [2.05, 4.69) is 10.3 Å². The monoisotopic (exact) mass is 225 g/mol. The minimum Gasteiger partial charge on any atom is -0.446 e. The van der Waals surface area contributed by atoms with Crippen LogP contribution in [0, 0.1) is 0 Å². The Kier molecular flexibility index (Phi) is 3.53. The lowest BCUT2D eigenvalue weighted by molar-refractivity contribution is 0.0729. The Balaban J connectivity index is 2.01. The van der Waals surface area contributed by atoms with Gasteiger partial charge < -0.3 is 19.4 Å². The molecule has 2 rings (SSSR count). The molecule has 88 valence electrons. The number of amides is 1. The summed E-state index contributed by atoms with van der Waals surface area (Å²) in [6.07, 6.45) is 1.39. The first-order chi connectivity index (χ1) is 7.81. The highest BCUT2D eigenvalue weighted by Gasteiger charge is 2.20. The van der Waals surface area contributed by atoms with Gasteiger partial charge in [-0.1, -0.05) is 0 Å². The number of nitrogens with zero attached hydrogens (tertiary/aromatic N) is 2. The van der Waals surface area contributed by atoms with E-state index in [1.165, 1.54) is 6.26 Å². The highest BCUT2D eigenvalue weighted by molar-refractivity contribution is 5.92. The molecule has 0 bridgehead atoms. The SMILES string of the molecule is COCc1nc(C(=O)N2CCNCC2)co1. The highest BCUT2D eigenvalue weighted by Crippen LogP contribution is 2.07. The third-order valence-corrected chi connectivity index (χ3v) is 2.44. The maximum atomic E-state index is 12.0. The van der Waals surface area contributed by atoms with Crippen molar-refractivity contribution in [1.29, 1.82) is 0 Å². The van der Waals surface area contributed by atoms with Crippen molar-refractivity contribution in [3.05, 3.63) is 17.8 Å². The molecule has 0 aliphatic carbocycles. The molecule has 1 amide bonds. The molecule has 1 N–H and O–H groups in total. The Bertz CT molecular complexity index is 358. The van der Waals surface area contributed by atoms with Crippen LogP contribution in [0.15, 0.2) is 10.7 Å². The second-order valence-electron chi connectivity index (χ2n) is 3.60. The van der Waals surface area contributed by atoms with Gasteiger partial charge in [0, 0.05) is 33.3 Å². The van der Waals surface area contributed by atoms with Gasteiger partial charge in [-0.15, -0.1) is 0 Å². The minimum atomic E-state index is -0.0763. The number of methoxy groups -OCH3 is 1. The molecule has 2 heterocycles. The molecule has 0 unspecified atom stereocenters. The Hall–Kier alpha value is -1.40. The van der Waals surface area contributed by atoms with Crippen molar-refractivity contribution in [2.24, 2.45) is 0 Å². The third kappa shape index (κ3) is 2.40. The lowest BCUT2D eigenvalue weighted by Crippen LogP contribution is -2.46. The van der Waals surface area contributed by atoms with Crippen LogP contribution >= 0.6 is 0 Å². The molecule has 0 radical (unpaired) electrons. The number of hydrogen-bond acceptors (Lipinski definition) is 5. The van der Waals surface area contributed by atoms with Gasteiger partial charge in [-0.3, -0.25) is 4.79 Å². The number of rotatable bonds is 3. The van der Waals surface area contributed by atoms with Crippen molar-refractivity contribution < 1.29 is 13.9 Å². The molecule has 1 aromatic heterocycles. The maximum Gasteiger partial charge on any atom is 0.275 e. The van der Waals surface area contributed by atoms with E-state index in [0.717, 1.165) is 13.1 Å². The van der Waals surface area contributed by atoms with Crippen LogP contribution < -0.4 is 5.32 Å². The van der Waals surface area contributed by atoms with Crippen LogP contribution in [0.3, 0.4) is 0 Å². The average Bonchev–Trinajstić information content (AvgIpc) is 2.78. The van der Waals surface area contributed by atoms with Crippen molar-refractivity contribution in [3.63, 3.8) is 0 Å². The smallest absolute Gasteiger partial charge is 0.275 e. The lowest BCUT2D eigenvalue weighted by Gasteiger charge is -2.26. The summed E-state index contributed by atoms with van der Waals surface area (Å²) < 4.78 is 9.99. The van der Waals surface area contributed by atoms with E-state index in [1.54, 1.807) is 12.0 Å². The molecule has 1 aliphatic rings. The molecule has 0 aromatic carbocycles. The zero-order valence-electron chi connectivity index (χ0n) is 9.23. The third-order valence-electron chi connectivity index (χ3n) is 2.44. The van der Waals surface area contributed by atoms with Gasteiger partial charge >= 0.3 is 0 Å². The number of oxazole rings is 1. The van der Waals surface area contributed by atoms with Crippen LogP contribution in [0.2, 0.25) is 0 Å². The summed E-state index contributed by atoms with van der Waals surface area (Å²) in [7, 11) is 1.56. The van der Waals surface area contributed by atoms with E-state index in [4.69, 9.17) is 9.15 Å². The quantitative estimate of drug-likeness (QED) is 0.776. The molecule has 1 fully saturated rings. The van der Waals surface area contributed by atoms with E-state index < -0.39 is 0 Å². The van der Waals surface area contributed by atoms with E-state index in [9.17, 15) is 4.79 Å². The Morgan fingerprint density at radius 3 is 3.06 bits per heavy atom. The van der Waals surface area contributed by atoms with E-state index in [1.807, 2.05) is 0 Å². The number of hydrogen-bond donors (Lipinski definition) is 1. The number of ether oxygens (including phenoxy) is 1. The highest BCUT2D eigenvalue weighted by atomic mass is 16.5. The molecule has 1 aromatic rings. The molecular weight excluding hydrogens is 210 g/mol. The number of piperazine rings is 1. The second-order valence-corrected chi connectivity index (χ2v) is 3.60. The molecule has 6 nitrogen and oxygen atoms in total. The first-order valence-corrected chi connectivity index (χ1v) is 5.24. The van der Waals surface area contributed by atoms with Crippen LogP contribution in [0.1, 0.15) is 16.4 Å². The number of aromatic nitrogens is 1. The van der Waals surface area contributed by atoms with E-state index >= 15 is 0 Å². The van der Waals surface area contributed by atoms with Crippen LogP contribution in [0.25, 0.3) is 0 Å². The zero-order valence-corrected chi connectivity index (χ0v) is 9.23. The van der Waals surface area contributed by atoms with Gasteiger partial charge in [-0.2, -0.15) is 0 Å². The molecular formula is C10H15N3O3. The van der Waals surface area contributed by atoms with Gasteiger partial charge in [-0.25, -0.2) is 4.98 Å². The van der Waals surface area contributed by atoms with Gasteiger partial charge in [0.2, 0.25) is 5.89 Å². The van der Waals surface area contributed by atoms with Crippen LogP contribution in [-0.2, 0) is 11.3 Å². The second kappa shape index (κ2) is 5.09. The summed E-state index contributed by atoms with van der Waals surface area (Å²) in [6.45, 7) is 3.37. The summed E-state index contributed by atoms with van der Waals surface area (Å²) in [5.41, 5.74) is 0.356. The van der Waals surface area contributed by atoms with Crippen LogP contribution in [0.4, 0.5) is 0 Å². The first-order valence-electron chi connectivity index (χ1n) is 5.24. The fourth-order valence-electron chi connectivity index (χ4n) is 1.63. The van der Waals surface area contributed by atoms with Crippen LogP contribution in [0.5, 0.6) is 0 Å². The molecule has 1 saturated heterocycles. The van der Waals surface area contributed by atoms with Gasteiger partial charge in [0.1, 0.15) is 12.9 Å². The Morgan fingerprint density at radius 2 is 2.38 bits per heavy atom. The summed E-state index contributed by atoms with van der Waals surface area (Å²) in [5, 5.41) is 3.19. The standard InChI is InChI=1S/C10H15N3O3/c1-15-7-9-12-8(6-16-9)10(14)13-4-2-11-3-5-13/h6,11H,2-5,7H2,1H3. The zero-order chi connectivity index (χ0) is 11.4. The Morgan fingerprint density at radius 1 is 1.62 bits per heavy atom. The fraction of sp³-hybridized carbons (Fsp3) is 0.600. The summed E-state index contributed by atoms with van der Waals surface area (Å²) in [6, 6.07) is 0. The molecule has 16 heavy (non-hydrogen) atoms. The number of nitrogens with one attached hydrogen (secondary N) is 1. The molecule has 0 atom stereocenters. The average molecular weight is 225 g/mol. The van der Waals surface area contributed by atoms with Gasteiger partial charge in [-0.05, 0) is 0 Å². The van der Waals surface area contributed by atoms with Crippen molar-refractivity contribution in [3.8, 4) is 0 Å². The predicted molar refractivity (Wildman–Crippen MR) is 56.0 cm³/mol. The van der Waals surface area contributed by atoms with Crippen LogP contribution in [-0.4, -0.2) is 49.1 Å². The largest absolute Gasteiger partial charge is 0.446 e.